The fourth-order valence-corrected chi connectivity index (χ4v) is 2.54. The highest BCUT2D eigenvalue weighted by molar-refractivity contribution is 5.94. The zero-order chi connectivity index (χ0) is 14.0. The summed E-state index contributed by atoms with van der Waals surface area (Å²) in [4.78, 5) is 14.3. The molecule has 0 saturated carbocycles. The molecule has 1 aromatic rings. The third kappa shape index (κ3) is 3.74. The molecule has 0 bridgehead atoms. The highest BCUT2D eigenvalue weighted by Crippen LogP contribution is 2.19. The summed E-state index contributed by atoms with van der Waals surface area (Å²) in [6, 6.07) is 8.22. The van der Waals surface area contributed by atoms with E-state index in [1.165, 1.54) is 5.56 Å². The zero-order valence-corrected chi connectivity index (χ0v) is 13.3. The molecule has 1 aliphatic rings. The van der Waals surface area contributed by atoms with Gasteiger partial charge in [-0.2, -0.15) is 0 Å². The number of carbonyl (C=O) groups excluding carboxylic acids is 1. The fourth-order valence-electron chi connectivity index (χ4n) is 2.54. The Morgan fingerprint density at radius 3 is 2.40 bits per heavy atom. The van der Waals surface area contributed by atoms with E-state index < -0.39 is 0 Å². The predicted octanol–water partition coefficient (Wildman–Crippen LogP) is 3.04. The van der Waals surface area contributed by atoms with Gasteiger partial charge in [0.25, 0.3) is 5.91 Å². The molecule has 1 saturated heterocycles. The minimum Gasteiger partial charge on any atom is -0.338 e. The van der Waals surface area contributed by atoms with Crippen molar-refractivity contribution in [1.29, 1.82) is 0 Å². The van der Waals surface area contributed by atoms with Gasteiger partial charge in [-0.25, -0.2) is 0 Å². The van der Waals surface area contributed by atoms with Crippen molar-refractivity contribution in [2.45, 2.75) is 39.2 Å². The van der Waals surface area contributed by atoms with E-state index in [1.54, 1.807) is 0 Å². The van der Waals surface area contributed by atoms with Crippen LogP contribution in [0.2, 0.25) is 0 Å². The van der Waals surface area contributed by atoms with Crippen LogP contribution in [0.4, 0.5) is 0 Å². The van der Waals surface area contributed by atoms with E-state index in [0.717, 1.165) is 25.1 Å². The second kappa shape index (κ2) is 7.09. The van der Waals surface area contributed by atoms with Gasteiger partial charge in [0.2, 0.25) is 0 Å². The van der Waals surface area contributed by atoms with Crippen LogP contribution in [0.3, 0.4) is 0 Å². The molecule has 1 aliphatic heterocycles. The molecular formula is C16H25ClN2O. The van der Waals surface area contributed by atoms with Crippen molar-refractivity contribution >= 4 is 18.3 Å². The molecule has 2 unspecified atom stereocenters. The van der Waals surface area contributed by atoms with Crippen LogP contribution in [-0.4, -0.2) is 29.9 Å². The first-order valence-corrected chi connectivity index (χ1v) is 7.14. The van der Waals surface area contributed by atoms with E-state index in [1.807, 2.05) is 17.0 Å². The Morgan fingerprint density at radius 2 is 1.90 bits per heavy atom. The molecule has 0 spiro atoms. The summed E-state index contributed by atoms with van der Waals surface area (Å²) in [6.07, 6.45) is 0.900. The van der Waals surface area contributed by atoms with E-state index >= 15 is 0 Å². The third-order valence-electron chi connectivity index (χ3n) is 4.08. The average Bonchev–Trinajstić information content (AvgIpc) is 2.41. The van der Waals surface area contributed by atoms with Crippen LogP contribution in [0.15, 0.2) is 24.3 Å². The molecule has 0 radical (unpaired) electrons. The van der Waals surface area contributed by atoms with Crippen LogP contribution in [0, 0.1) is 5.92 Å². The van der Waals surface area contributed by atoms with E-state index in [-0.39, 0.29) is 24.4 Å². The van der Waals surface area contributed by atoms with E-state index in [0.29, 0.717) is 11.8 Å². The number of piperidine rings is 1. The number of nitrogens with two attached hydrogens (primary N) is 1. The van der Waals surface area contributed by atoms with Crippen molar-refractivity contribution in [1.82, 2.24) is 4.90 Å². The van der Waals surface area contributed by atoms with Gasteiger partial charge in [0.1, 0.15) is 0 Å². The van der Waals surface area contributed by atoms with Crippen LogP contribution in [0.5, 0.6) is 0 Å². The van der Waals surface area contributed by atoms with E-state index in [2.05, 4.69) is 32.9 Å². The predicted molar refractivity (Wildman–Crippen MR) is 85.4 cm³/mol. The van der Waals surface area contributed by atoms with Crippen molar-refractivity contribution in [3.8, 4) is 0 Å². The normalized spacial score (nSPS) is 22.6. The molecule has 2 atom stereocenters. The van der Waals surface area contributed by atoms with Crippen molar-refractivity contribution in [3.63, 3.8) is 0 Å². The number of halogens is 1. The van der Waals surface area contributed by atoms with Crippen LogP contribution in [0.25, 0.3) is 0 Å². The molecule has 0 aromatic heterocycles. The quantitative estimate of drug-likeness (QED) is 0.912. The summed E-state index contributed by atoms with van der Waals surface area (Å²) in [5, 5.41) is 0. The largest absolute Gasteiger partial charge is 0.338 e. The number of nitrogens with zero attached hydrogens (tertiary/aromatic N) is 1. The Hall–Kier alpha value is -1.06. The Balaban J connectivity index is 0.00000200. The third-order valence-corrected chi connectivity index (χ3v) is 4.08. The summed E-state index contributed by atoms with van der Waals surface area (Å²) >= 11 is 0. The van der Waals surface area contributed by atoms with E-state index in [4.69, 9.17) is 5.73 Å². The number of rotatable bonds is 2. The van der Waals surface area contributed by atoms with Gasteiger partial charge in [0.15, 0.2) is 0 Å². The van der Waals surface area contributed by atoms with Crippen molar-refractivity contribution in [2.75, 3.05) is 13.1 Å². The average molecular weight is 297 g/mol. The maximum atomic E-state index is 12.4. The summed E-state index contributed by atoms with van der Waals surface area (Å²) < 4.78 is 0. The van der Waals surface area contributed by atoms with E-state index in [9.17, 15) is 4.79 Å². The minimum absolute atomic E-state index is 0. The smallest absolute Gasteiger partial charge is 0.253 e. The summed E-state index contributed by atoms with van der Waals surface area (Å²) in [5.74, 6) is 1.01. The lowest BCUT2D eigenvalue weighted by Crippen LogP contribution is -2.48. The molecule has 2 rings (SSSR count). The molecule has 1 fully saturated rings. The highest BCUT2D eigenvalue weighted by atomic mass is 35.5. The summed E-state index contributed by atoms with van der Waals surface area (Å²) in [6.45, 7) is 7.98. The van der Waals surface area contributed by atoms with Crippen LogP contribution >= 0.6 is 12.4 Å². The lowest BCUT2D eigenvalue weighted by molar-refractivity contribution is 0.0664. The molecular weight excluding hydrogens is 272 g/mol. The van der Waals surface area contributed by atoms with Crippen molar-refractivity contribution < 1.29 is 4.79 Å². The Morgan fingerprint density at radius 1 is 1.30 bits per heavy atom. The Bertz CT molecular complexity index is 444. The number of hydrogen-bond acceptors (Lipinski definition) is 2. The van der Waals surface area contributed by atoms with Gasteiger partial charge in [-0.05, 0) is 36.0 Å². The highest BCUT2D eigenvalue weighted by Gasteiger charge is 2.26. The van der Waals surface area contributed by atoms with Gasteiger partial charge >= 0.3 is 0 Å². The number of carbonyl (C=O) groups is 1. The van der Waals surface area contributed by atoms with Crippen LogP contribution in [-0.2, 0) is 0 Å². The maximum absolute atomic E-state index is 12.4. The lowest BCUT2D eigenvalue weighted by atomic mass is 9.94. The lowest BCUT2D eigenvalue weighted by Gasteiger charge is -2.35. The summed E-state index contributed by atoms with van der Waals surface area (Å²) in [5.41, 5.74) is 8.05. The molecule has 1 aromatic carbocycles. The molecule has 1 heterocycles. The van der Waals surface area contributed by atoms with Crippen molar-refractivity contribution in [2.24, 2.45) is 11.7 Å². The Labute approximate surface area is 127 Å². The monoisotopic (exact) mass is 296 g/mol. The van der Waals surface area contributed by atoms with Gasteiger partial charge in [-0.1, -0.05) is 32.9 Å². The van der Waals surface area contributed by atoms with Gasteiger partial charge in [-0.3, -0.25) is 4.79 Å². The Kier molecular flexibility index (Phi) is 6.03. The second-order valence-electron chi connectivity index (χ2n) is 5.96. The molecule has 2 N–H and O–H groups in total. The van der Waals surface area contributed by atoms with Gasteiger partial charge < -0.3 is 10.6 Å². The summed E-state index contributed by atoms with van der Waals surface area (Å²) in [7, 11) is 0. The molecule has 0 aliphatic carbocycles. The molecule has 1 amide bonds. The van der Waals surface area contributed by atoms with Gasteiger partial charge in [-0.15, -0.1) is 12.4 Å². The van der Waals surface area contributed by atoms with Crippen molar-refractivity contribution in [3.05, 3.63) is 35.4 Å². The maximum Gasteiger partial charge on any atom is 0.253 e. The van der Waals surface area contributed by atoms with Gasteiger partial charge in [0, 0.05) is 24.7 Å². The van der Waals surface area contributed by atoms with Gasteiger partial charge in [0.05, 0.1) is 0 Å². The topological polar surface area (TPSA) is 46.3 Å². The first kappa shape index (κ1) is 17.0. The zero-order valence-electron chi connectivity index (χ0n) is 12.5. The first-order chi connectivity index (χ1) is 8.99. The molecule has 3 nitrogen and oxygen atoms in total. The first-order valence-electron chi connectivity index (χ1n) is 7.14. The van der Waals surface area contributed by atoms with Crippen LogP contribution < -0.4 is 5.73 Å². The number of likely N-dealkylation sites (tertiary alicyclic amines) is 1. The molecule has 112 valence electrons. The van der Waals surface area contributed by atoms with Crippen LogP contribution in [0.1, 0.15) is 49.0 Å². The second-order valence-corrected chi connectivity index (χ2v) is 5.96. The fraction of sp³-hybridized carbons (Fsp3) is 0.562. The number of hydrogen-bond donors (Lipinski definition) is 1. The minimum atomic E-state index is 0. The molecule has 20 heavy (non-hydrogen) atoms. The molecule has 4 heteroatoms. The number of benzene rings is 1. The SMILES string of the molecule is CC(C)c1ccc(C(=O)N2CCC(N)C(C)C2)cc1.Cl. The standard InChI is InChI=1S/C16H24N2O.ClH/c1-11(2)13-4-6-14(7-5-13)16(19)18-9-8-15(17)12(3)10-18;/h4-7,11-12,15H,8-10,17H2,1-3H3;1H. The number of amides is 1.